The summed E-state index contributed by atoms with van der Waals surface area (Å²) >= 11 is 0. The quantitative estimate of drug-likeness (QED) is 0.827. The zero-order chi connectivity index (χ0) is 17.0. The van der Waals surface area contributed by atoms with E-state index in [0.29, 0.717) is 5.95 Å². The first-order valence-electron chi connectivity index (χ1n) is 8.34. The van der Waals surface area contributed by atoms with Crippen molar-refractivity contribution < 1.29 is 0 Å². The molecule has 1 heterocycles. The number of aromatic nitrogens is 2. The maximum Gasteiger partial charge on any atom is 0.229 e. The third-order valence-electron chi connectivity index (χ3n) is 3.59. The molecule has 2 N–H and O–H groups in total. The van der Waals surface area contributed by atoms with Crippen molar-refractivity contribution in [3.8, 4) is 0 Å². The summed E-state index contributed by atoms with van der Waals surface area (Å²) in [4.78, 5) is 9.18. The number of hydrogen-bond acceptors (Lipinski definition) is 4. The first-order chi connectivity index (χ1) is 10.8. The van der Waals surface area contributed by atoms with Crippen molar-refractivity contribution >= 4 is 17.5 Å². The minimum atomic E-state index is -0.0338. The van der Waals surface area contributed by atoms with Gasteiger partial charge in [0.05, 0.1) is 0 Å². The summed E-state index contributed by atoms with van der Waals surface area (Å²) in [5, 5.41) is 6.86. The lowest BCUT2D eigenvalue weighted by Gasteiger charge is -2.22. The van der Waals surface area contributed by atoms with Gasteiger partial charge >= 0.3 is 0 Å². The number of rotatable bonds is 5. The van der Waals surface area contributed by atoms with Crippen LogP contribution < -0.4 is 10.6 Å². The predicted octanol–water partition coefficient (Wildman–Crippen LogP) is 4.86. The van der Waals surface area contributed by atoms with E-state index in [1.807, 2.05) is 13.0 Å². The van der Waals surface area contributed by atoms with Crippen LogP contribution in [0.15, 0.2) is 24.3 Å². The second-order valence-corrected chi connectivity index (χ2v) is 6.88. The second-order valence-electron chi connectivity index (χ2n) is 6.88. The summed E-state index contributed by atoms with van der Waals surface area (Å²) in [5.74, 6) is 1.49. The molecule has 0 spiro atoms. The van der Waals surface area contributed by atoms with E-state index >= 15 is 0 Å². The number of anilines is 3. The van der Waals surface area contributed by atoms with Gasteiger partial charge in [0.1, 0.15) is 5.82 Å². The van der Waals surface area contributed by atoms with Crippen molar-refractivity contribution in [3.05, 3.63) is 41.1 Å². The van der Waals surface area contributed by atoms with Crippen molar-refractivity contribution in [1.82, 2.24) is 9.97 Å². The molecule has 2 aromatic rings. The lowest BCUT2D eigenvalue weighted by atomic mass is 10.0. The van der Waals surface area contributed by atoms with Crippen LogP contribution in [0.5, 0.6) is 0 Å². The minimum Gasteiger partial charge on any atom is -0.365 e. The van der Waals surface area contributed by atoms with Gasteiger partial charge in [-0.1, -0.05) is 32.0 Å². The largest absolute Gasteiger partial charge is 0.365 e. The van der Waals surface area contributed by atoms with Gasteiger partial charge in [0.25, 0.3) is 0 Å². The average Bonchev–Trinajstić information content (AvgIpc) is 2.45. The molecule has 1 aromatic carbocycles. The van der Waals surface area contributed by atoms with Crippen molar-refractivity contribution in [2.24, 2.45) is 0 Å². The molecule has 2 rings (SSSR count). The molecular weight excluding hydrogens is 284 g/mol. The fourth-order valence-electron chi connectivity index (χ4n) is 2.59. The smallest absolute Gasteiger partial charge is 0.229 e. The summed E-state index contributed by atoms with van der Waals surface area (Å²) in [6.07, 6.45) is 1.96. The first-order valence-corrected chi connectivity index (χ1v) is 8.34. The summed E-state index contributed by atoms with van der Waals surface area (Å²) in [7, 11) is 0. The van der Waals surface area contributed by atoms with Gasteiger partial charge in [-0.2, -0.15) is 4.98 Å². The van der Waals surface area contributed by atoms with Gasteiger partial charge < -0.3 is 10.6 Å². The molecule has 0 unspecified atom stereocenters. The van der Waals surface area contributed by atoms with E-state index in [0.717, 1.165) is 30.0 Å². The maximum absolute atomic E-state index is 4.63. The Morgan fingerprint density at radius 3 is 2.13 bits per heavy atom. The molecule has 4 heteroatoms. The number of nitrogens with zero attached hydrogens (tertiary/aromatic N) is 2. The zero-order valence-corrected chi connectivity index (χ0v) is 15.1. The topological polar surface area (TPSA) is 49.8 Å². The van der Waals surface area contributed by atoms with Crippen LogP contribution in [0, 0.1) is 6.92 Å². The zero-order valence-electron chi connectivity index (χ0n) is 15.1. The van der Waals surface area contributed by atoms with E-state index in [4.69, 9.17) is 0 Å². The van der Waals surface area contributed by atoms with E-state index < -0.39 is 0 Å². The van der Waals surface area contributed by atoms with Gasteiger partial charge in [-0.25, -0.2) is 4.98 Å². The first kappa shape index (κ1) is 17.3. The normalized spacial score (nSPS) is 11.4. The number of para-hydroxylation sites is 1. The highest BCUT2D eigenvalue weighted by molar-refractivity contribution is 5.64. The van der Waals surface area contributed by atoms with Gasteiger partial charge in [-0.3, -0.25) is 0 Å². The molecule has 0 amide bonds. The lowest BCUT2D eigenvalue weighted by Crippen LogP contribution is -2.27. The molecule has 0 aliphatic heterocycles. The van der Waals surface area contributed by atoms with Crippen LogP contribution in [-0.2, 0) is 12.8 Å². The summed E-state index contributed by atoms with van der Waals surface area (Å²) in [6.45, 7) is 12.7. The Labute approximate surface area is 139 Å². The summed E-state index contributed by atoms with van der Waals surface area (Å²) in [6, 6.07) is 8.41. The number of benzene rings is 1. The molecule has 0 radical (unpaired) electrons. The molecule has 124 valence electrons. The molecule has 0 aliphatic carbocycles. The molecular formula is C19H28N4. The van der Waals surface area contributed by atoms with Gasteiger partial charge in [-0.15, -0.1) is 0 Å². The Hall–Kier alpha value is -2.10. The second kappa shape index (κ2) is 6.99. The summed E-state index contributed by atoms with van der Waals surface area (Å²) in [5.41, 5.74) is 4.64. The average molecular weight is 312 g/mol. The molecule has 23 heavy (non-hydrogen) atoms. The van der Waals surface area contributed by atoms with Crippen LogP contribution in [0.1, 0.15) is 51.4 Å². The van der Waals surface area contributed by atoms with E-state index in [-0.39, 0.29) is 5.54 Å². The Morgan fingerprint density at radius 1 is 1.00 bits per heavy atom. The van der Waals surface area contributed by atoms with Gasteiger partial charge in [-0.05, 0) is 51.7 Å². The van der Waals surface area contributed by atoms with Crippen molar-refractivity contribution in [3.63, 3.8) is 0 Å². The Bertz CT molecular complexity index is 649. The monoisotopic (exact) mass is 312 g/mol. The highest BCUT2D eigenvalue weighted by Gasteiger charge is 2.13. The van der Waals surface area contributed by atoms with E-state index in [1.54, 1.807) is 0 Å². The van der Waals surface area contributed by atoms with Crippen LogP contribution in [0.25, 0.3) is 0 Å². The van der Waals surface area contributed by atoms with Crippen LogP contribution in [0.2, 0.25) is 0 Å². The Kier molecular flexibility index (Phi) is 5.24. The fraction of sp³-hybridized carbons (Fsp3) is 0.474. The fourth-order valence-corrected chi connectivity index (χ4v) is 2.59. The van der Waals surface area contributed by atoms with Crippen LogP contribution in [-0.4, -0.2) is 15.5 Å². The van der Waals surface area contributed by atoms with Crippen molar-refractivity contribution in [2.45, 2.75) is 59.9 Å². The highest BCUT2D eigenvalue weighted by Crippen LogP contribution is 2.26. The molecule has 0 bridgehead atoms. The number of aryl methyl sites for hydroxylation is 3. The van der Waals surface area contributed by atoms with Gasteiger partial charge in [0, 0.05) is 23.0 Å². The third kappa shape index (κ3) is 4.68. The molecule has 0 atom stereocenters. The molecule has 0 saturated carbocycles. The standard InChI is InChI=1S/C19H28N4/c1-7-14-10-9-11-15(8-2)17(14)22-18-20-13(3)12-16(21-18)23-19(4,5)6/h9-12H,7-8H2,1-6H3,(H2,20,21,22,23). The third-order valence-corrected chi connectivity index (χ3v) is 3.59. The lowest BCUT2D eigenvalue weighted by molar-refractivity contribution is 0.630. The van der Waals surface area contributed by atoms with Crippen molar-refractivity contribution in [1.29, 1.82) is 0 Å². The van der Waals surface area contributed by atoms with Crippen molar-refractivity contribution in [2.75, 3.05) is 10.6 Å². The number of hydrogen-bond donors (Lipinski definition) is 2. The Morgan fingerprint density at radius 2 is 1.61 bits per heavy atom. The van der Waals surface area contributed by atoms with E-state index in [1.165, 1.54) is 11.1 Å². The molecule has 0 saturated heterocycles. The van der Waals surface area contributed by atoms with Crippen LogP contribution in [0.4, 0.5) is 17.5 Å². The SMILES string of the molecule is CCc1cccc(CC)c1Nc1nc(C)cc(NC(C)(C)C)n1. The molecule has 1 aromatic heterocycles. The van der Waals surface area contributed by atoms with E-state index in [9.17, 15) is 0 Å². The van der Waals surface area contributed by atoms with Crippen LogP contribution >= 0.6 is 0 Å². The van der Waals surface area contributed by atoms with Gasteiger partial charge in [0.2, 0.25) is 5.95 Å². The minimum absolute atomic E-state index is 0.0338. The van der Waals surface area contributed by atoms with Crippen LogP contribution in [0.3, 0.4) is 0 Å². The maximum atomic E-state index is 4.63. The van der Waals surface area contributed by atoms with Gasteiger partial charge in [0.15, 0.2) is 0 Å². The molecule has 0 aliphatic rings. The predicted molar refractivity (Wildman–Crippen MR) is 98.6 cm³/mol. The molecule has 0 fully saturated rings. The summed E-state index contributed by atoms with van der Waals surface area (Å²) < 4.78 is 0. The highest BCUT2D eigenvalue weighted by atomic mass is 15.2. The van der Waals surface area contributed by atoms with E-state index in [2.05, 4.69) is 73.4 Å². The Balaban J connectivity index is 2.37. The molecule has 4 nitrogen and oxygen atoms in total. The number of nitrogens with one attached hydrogen (secondary N) is 2.